The highest BCUT2D eigenvalue weighted by Crippen LogP contribution is 2.19. The fourth-order valence-corrected chi connectivity index (χ4v) is 1.94. The van der Waals surface area contributed by atoms with E-state index >= 15 is 0 Å². The Morgan fingerprint density at radius 3 is 2.56 bits per heavy atom. The number of halogens is 1. The number of hydrogen-bond donors (Lipinski definition) is 2. The van der Waals surface area contributed by atoms with Crippen molar-refractivity contribution < 1.29 is 0 Å². The van der Waals surface area contributed by atoms with Gasteiger partial charge in [0.15, 0.2) is 0 Å². The van der Waals surface area contributed by atoms with Gasteiger partial charge in [-0.1, -0.05) is 13.8 Å². The number of rotatable bonds is 8. The van der Waals surface area contributed by atoms with Crippen molar-refractivity contribution in [2.45, 2.75) is 20.8 Å². The molecule has 0 bridgehead atoms. The van der Waals surface area contributed by atoms with Gasteiger partial charge in [0, 0.05) is 25.8 Å². The molecule has 0 fully saturated rings. The van der Waals surface area contributed by atoms with Gasteiger partial charge in [0.1, 0.15) is 5.82 Å². The highest BCUT2D eigenvalue weighted by Gasteiger charge is 2.05. The van der Waals surface area contributed by atoms with Crippen molar-refractivity contribution in [2.24, 2.45) is 0 Å². The van der Waals surface area contributed by atoms with Crippen LogP contribution in [0.3, 0.4) is 0 Å². The first-order valence-corrected chi connectivity index (χ1v) is 7.23. The first-order chi connectivity index (χ1) is 8.71. The van der Waals surface area contributed by atoms with Crippen molar-refractivity contribution in [1.29, 1.82) is 0 Å². The third kappa shape index (κ3) is 4.78. The van der Waals surface area contributed by atoms with Crippen molar-refractivity contribution in [2.75, 3.05) is 43.4 Å². The number of anilines is 2. The highest BCUT2D eigenvalue weighted by atomic mass is 79.9. The van der Waals surface area contributed by atoms with Crippen LogP contribution in [0.15, 0.2) is 10.7 Å². The van der Waals surface area contributed by atoms with E-state index < -0.39 is 0 Å². The summed E-state index contributed by atoms with van der Waals surface area (Å²) < 4.78 is 0.892. The SMILES string of the molecule is CCNc1ncc(Br)c(NCCN(CC)CC)n1. The predicted octanol–water partition coefficient (Wildman–Crippen LogP) is 2.42. The summed E-state index contributed by atoms with van der Waals surface area (Å²) >= 11 is 3.45. The van der Waals surface area contributed by atoms with Crippen LogP contribution in [0, 0.1) is 0 Å². The fraction of sp³-hybridized carbons (Fsp3) is 0.667. The van der Waals surface area contributed by atoms with Gasteiger partial charge in [-0.2, -0.15) is 4.98 Å². The Bertz CT molecular complexity index is 354. The van der Waals surface area contributed by atoms with Crippen molar-refractivity contribution in [1.82, 2.24) is 14.9 Å². The van der Waals surface area contributed by atoms with E-state index in [4.69, 9.17) is 0 Å². The van der Waals surface area contributed by atoms with E-state index in [2.05, 4.69) is 55.3 Å². The second-order valence-electron chi connectivity index (χ2n) is 3.87. The van der Waals surface area contributed by atoms with Gasteiger partial charge in [-0.05, 0) is 35.9 Å². The van der Waals surface area contributed by atoms with Crippen LogP contribution in [0.5, 0.6) is 0 Å². The molecule has 0 saturated carbocycles. The van der Waals surface area contributed by atoms with Gasteiger partial charge in [-0.25, -0.2) is 4.98 Å². The maximum absolute atomic E-state index is 4.41. The Kier molecular flexibility index (Phi) is 6.97. The second-order valence-corrected chi connectivity index (χ2v) is 4.73. The van der Waals surface area contributed by atoms with Gasteiger partial charge in [0.2, 0.25) is 5.95 Å². The molecule has 6 heteroatoms. The van der Waals surface area contributed by atoms with Crippen LogP contribution in [0.25, 0.3) is 0 Å². The molecule has 1 aromatic heterocycles. The molecular formula is C12H22BrN5. The van der Waals surface area contributed by atoms with Crippen LogP contribution in [0.1, 0.15) is 20.8 Å². The van der Waals surface area contributed by atoms with Crippen molar-refractivity contribution in [3.8, 4) is 0 Å². The maximum atomic E-state index is 4.41. The monoisotopic (exact) mass is 315 g/mol. The number of nitrogens with zero attached hydrogens (tertiary/aromatic N) is 3. The summed E-state index contributed by atoms with van der Waals surface area (Å²) in [7, 11) is 0. The zero-order valence-electron chi connectivity index (χ0n) is 11.3. The summed E-state index contributed by atoms with van der Waals surface area (Å²) in [5, 5.41) is 6.43. The Hall–Kier alpha value is -0.880. The minimum atomic E-state index is 0.658. The lowest BCUT2D eigenvalue weighted by molar-refractivity contribution is 0.316. The number of aromatic nitrogens is 2. The average Bonchev–Trinajstić information content (AvgIpc) is 2.38. The van der Waals surface area contributed by atoms with Crippen LogP contribution in [0.4, 0.5) is 11.8 Å². The third-order valence-corrected chi connectivity index (χ3v) is 3.27. The van der Waals surface area contributed by atoms with Gasteiger partial charge in [0.25, 0.3) is 0 Å². The fourth-order valence-electron chi connectivity index (χ4n) is 1.61. The number of hydrogen-bond acceptors (Lipinski definition) is 5. The van der Waals surface area contributed by atoms with Crippen LogP contribution in [-0.2, 0) is 0 Å². The second kappa shape index (κ2) is 8.26. The van der Waals surface area contributed by atoms with Crippen LogP contribution in [-0.4, -0.2) is 47.6 Å². The molecule has 1 rings (SSSR count). The van der Waals surface area contributed by atoms with Gasteiger partial charge >= 0.3 is 0 Å². The first-order valence-electron chi connectivity index (χ1n) is 6.43. The van der Waals surface area contributed by atoms with Crippen LogP contribution in [0.2, 0.25) is 0 Å². The average molecular weight is 316 g/mol. The standard InChI is InChI=1S/C12H22BrN5/c1-4-14-12-16-9-10(13)11(17-12)15-7-8-18(5-2)6-3/h9H,4-8H2,1-3H3,(H2,14,15,16,17). The predicted molar refractivity (Wildman–Crippen MR) is 80.2 cm³/mol. The van der Waals surface area contributed by atoms with E-state index in [0.717, 1.165) is 43.0 Å². The Balaban J connectivity index is 2.52. The molecular weight excluding hydrogens is 294 g/mol. The summed E-state index contributed by atoms with van der Waals surface area (Å²) in [6.45, 7) is 11.2. The topological polar surface area (TPSA) is 53.1 Å². The smallest absolute Gasteiger partial charge is 0.224 e. The molecule has 5 nitrogen and oxygen atoms in total. The Labute approximate surface area is 118 Å². The Morgan fingerprint density at radius 2 is 1.94 bits per heavy atom. The molecule has 0 unspecified atom stereocenters. The summed E-state index contributed by atoms with van der Waals surface area (Å²) in [6.07, 6.45) is 1.77. The zero-order chi connectivity index (χ0) is 13.4. The molecule has 0 aliphatic rings. The molecule has 1 aromatic rings. The molecule has 102 valence electrons. The van der Waals surface area contributed by atoms with E-state index in [0.29, 0.717) is 5.95 Å². The maximum Gasteiger partial charge on any atom is 0.224 e. The van der Waals surface area contributed by atoms with Gasteiger partial charge in [-0.15, -0.1) is 0 Å². The summed E-state index contributed by atoms with van der Waals surface area (Å²) in [5.41, 5.74) is 0. The van der Waals surface area contributed by atoms with E-state index in [1.807, 2.05) is 6.92 Å². The molecule has 1 heterocycles. The lowest BCUT2D eigenvalue weighted by Crippen LogP contribution is -2.28. The molecule has 0 aromatic carbocycles. The highest BCUT2D eigenvalue weighted by molar-refractivity contribution is 9.10. The van der Waals surface area contributed by atoms with Crippen LogP contribution >= 0.6 is 15.9 Å². The van der Waals surface area contributed by atoms with Crippen molar-refractivity contribution in [3.05, 3.63) is 10.7 Å². The molecule has 2 N–H and O–H groups in total. The van der Waals surface area contributed by atoms with Crippen molar-refractivity contribution in [3.63, 3.8) is 0 Å². The van der Waals surface area contributed by atoms with E-state index in [1.165, 1.54) is 0 Å². The minimum absolute atomic E-state index is 0.658. The molecule has 0 saturated heterocycles. The quantitative estimate of drug-likeness (QED) is 0.771. The van der Waals surface area contributed by atoms with Gasteiger partial charge in [0.05, 0.1) is 4.47 Å². The molecule has 0 amide bonds. The van der Waals surface area contributed by atoms with E-state index in [-0.39, 0.29) is 0 Å². The molecule has 18 heavy (non-hydrogen) atoms. The molecule has 0 aliphatic heterocycles. The number of likely N-dealkylation sites (N-methyl/N-ethyl adjacent to an activating group) is 1. The zero-order valence-corrected chi connectivity index (χ0v) is 12.9. The molecule has 0 spiro atoms. The van der Waals surface area contributed by atoms with Gasteiger partial charge < -0.3 is 15.5 Å². The van der Waals surface area contributed by atoms with Gasteiger partial charge in [-0.3, -0.25) is 0 Å². The first kappa shape index (κ1) is 15.2. The largest absolute Gasteiger partial charge is 0.368 e. The molecule has 0 atom stereocenters. The summed E-state index contributed by atoms with van der Waals surface area (Å²) in [5.74, 6) is 1.50. The summed E-state index contributed by atoms with van der Waals surface area (Å²) in [6, 6.07) is 0. The van der Waals surface area contributed by atoms with E-state index in [1.54, 1.807) is 6.20 Å². The Morgan fingerprint density at radius 1 is 1.22 bits per heavy atom. The summed E-state index contributed by atoms with van der Waals surface area (Å²) in [4.78, 5) is 11.0. The molecule has 0 radical (unpaired) electrons. The van der Waals surface area contributed by atoms with Crippen LogP contribution < -0.4 is 10.6 Å². The third-order valence-electron chi connectivity index (χ3n) is 2.69. The number of nitrogens with one attached hydrogen (secondary N) is 2. The van der Waals surface area contributed by atoms with E-state index in [9.17, 15) is 0 Å². The lowest BCUT2D eigenvalue weighted by Gasteiger charge is -2.18. The lowest BCUT2D eigenvalue weighted by atomic mass is 10.4. The minimum Gasteiger partial charge on any atom is -0.368 e. The molecule has 0 aliphatic carbocycles. The normalized spacial score (nSPS) is 10.7. The van der Waals surface area contributed by atoms with Crippen molar-refractivity contribution >= 4 is 27.7 Å².